The van der Waals surface area contributed by atoms with Crippen molar-refractivity contribution < 1.29 is 9.84 Å². The lowest BCUT2D eigenvalue weighted by molar-refractivity contribution is 0.0416. The minimum absolute atomic E-state index is 0.221. The van der Waals surface area contributed by atoms with Gasteiger partial charge in [0.1, 0.15) is 11.4 Å². The van der Waals surface area contributed by atoms with Crippen LogP contribution in [0.15, 0.2) is 24.3 Å². The van der Waals surface area contributed by atoms with Crippen LogP contribution in [0.5, 0.6) is 5.75 Å². The molecule has 1 rings (SSSR count). The van der Waals surface area contributed by atoms with Crippen LogP contribution in [0.1, 0.15) is 25.8 Å². The zero-order chi connectivity index (χ0) is 11.3. The van der Waals surface area contributed by atoms with Crippen molar-refractivity contribution in [3.63, 3.8) is 0 Å². The molecular formula is C12H19NO2. The second kappa shape index (κ2) is 5.14. The van der Waals surface area contributed by atoms with E-state index in [0.717, 1.165) is 11.3 Å². The molecule has 1 aromatic carbocycles. The maximum atomic E-state index is 10.2. The summed E-state index contributed by atoms with van der Waals surface area (Å²) in [4.78, 5) is 0. The van der Waals surface area contributed by atoms with Crippen molar-refractivity contribution in [2.45, 2.75) is 25.9 Å². The van der Waals surface area contributed by atoms with E-state index in [9.17, 15) is 5.11 Å². The Hall–Kier alpha value is -1.06. The first-order valence-corrected chi connectivity index (χ1v) is 5.32. The molecule has 0 saturated heterocycles. The molecule has 0 saturated carbocycles. The van der Waals surface area contributed by atoms with E-state index in [-0.39, 0.29) is 6.54 Å². The molecule has 84 valence electrons. The molecule has 3 nitrogen and oxygen atoms in total. The number of benzene rings is 1. The Morgan fingerprint density at radius 1 is 1.40 bits per heavy atom. The van der Waals surface area contributed by atoms with Crippen LogP contribution < -0.4 is 10.5 Å². The highest BCUT2D eigenvalue weighted by Crippen LogP contribution is 2.26. The van der Waals surface area contributed by atoms with E-state index in [1.807, 2.05) is 38.1 Å². The van der Waals surface area contributed by atoms with E-state index >= 15 is 0 Å². The standard InChI is InChI=1S/C12H19NO2/c1-3-12(14,9-13)10-6-5-7-11(8-10)15-4-2/h5-8,14H,3-4,9,13H2,1-2H3. The van der Waals surface area contributed by atoms with Gasteiger partial charge in [0.25, 0.3) is 0 Å². The number of hydrogen-bond donors (Lipinski definition) is 2. The molecule has 0 amide bonds. The average Bonchev–Trinajstić information content (AvgIpc) is 2.29. The van der Waals surface area contributed by atoms with Crippen LogP contribution in [-0.4, -0.2) is 18.3 Å². The van der Waals surface area contributed by atoms with E-state index in [0.29, 0.717) is 13.0 Å². The Bertz CT molecular complexity index is 308. The van der Waals surface area contributed by atoms with Crippen LogP contribution in [-0.2, 0) is 5.60 Å². The Kier molecular flexibility index (Phi) is 4.12. The smallest absolute Gasteiger partial charge is 0.119 e. The second-order valence-electron chi connectivity index (χ2n) is 3.55. The first kappa shape index (κ1) is 12.0. The molecular weight excluding hydrogens is 190 g/mol. The minimum Gasteiger partial charge on any atom is -0.494 e. The molecule has 0 fully saturated rings. The van der Waals surface area contributed by atoms with Crippen molar-refractivity contribution in [2.24, 2.45) is 5.73 Å². The van der Waals surface area contributed by atoms with Gasteiger partial charge in [-0.2, -0.15) is 0 Å². The summed E-state index contributed by atoms with van der Waals surface area (Å²) < 4.78 is 5.38. The minimum atomic E-state index is -0.937. The van der Waals surface area contributed by atoms with Gasteiger partial charge in [0.2, 0.25) is 0 Å². The predicted octanol–water partition coefficient (Wildman–Crippen LogP) is 1.64. The highest BCUT2D eigenvalue weighted by molar-refractivity contribution is 5.32. The molecule has 0 aliphatic rings. The summed E-state index contributed by atoms with van der Waals surface area (Å²) in [5.41, 5.74) is 5.46. The molecule has 0 bridgehead atoms. The number of nitrogens with two attached hydrogens (primary N) is 1. The first-order valence-electron chi connectivity index (χ1n) is 5.32. The zero-order valence-electron chi connectivity index (χ0n) is 9.36. The third kappa shape index (κ3) is 2.70. The summed E-state index contributed by atoms with van der Waals surface area (Å²) in [6, 6.07) is 7.47. The molecule has 0 spiro atoms. The van der Waals surface area contributed by atoms with Crippen molar-refractivity contribution in [1.82, 2.24) is 0 Å². The van der Waals surface area contributed by atoms with Gasteiger partial charge in [-0.25, -0.2) is 0 Å². The molecule has 3 heteroatoms. The van der Waals surface area contributed by atoms with E-state index < -0.39 is 5.60 Å². The van der Waals surface area contributed by atoms with Gasteiger partial charge >= 0.3 is 0 Å². The summed E-state index contributed by atoms with van der Waals surface area (Å²) in [6.07, 6.45) is 0.596. The highest BCUT2D eigenvalue weighted by Gasteiger charge is 2.25. The fraction of sp³-hybridized carbons (Fsp3) is 0.500. The Labute approximate surface area is 90.9 Å². The largest absolute Gasteiger partial charge is 0.494 e. The third-order valence-corrected chi connectivity index (χ3v) is 2.60. The Morgan fingerprint density at radius 2 is 2.13 bits per heavy atom. The van der Waals surface area contributed by atoms with Crippen molar-refractivity contribution in [3.05, 3.63) is 29.8 Å². The average molecular weight is 209 g/mol. The quantitative estimate of drug-likeness (QED) is 0.775. The molecule has 0 aliphatic carbocycles. The molecule has 1 aromatic rings. The molecule has 0 radical (unpaired) electrons. The number of hydrogen-bond acceptors (Lipinski definition) is 3. The summed E-state index contributed by atoms with van der Waals surface area (Å²) in [5, 5.41) is 10.2. The van der Waals surface area contributed by atoms with Gasteiger partial charge in [0.05, 0.1) is 6.61 Å². The molecule has 0 heterocycles. The molecule has 1 unspecified atom stereocenters. The van der Waals surface area contributed by atoms with Gasteiger partial charge in [-0.15, -0.1) is 0 Å². The maximum Gasteiger partial charge on any atom is 0.119 e. The summed E-state index contributed by atoms with van der Waals surface area (Å²) in [5.74, 6) is 0.773. The number of rotatable bonds is 5. The van der Waals surface area contributed by atoms with Crippen molar-refractivity contribution in [3.8, 4) is 5.75 Å². The van der Waals surface area contributed by atoms with Crippen molar-refractivity contribution >= 4 is 0 Å². The molecule has 15 heavy (non-hydrogen) atoms. The van der Waals surface area contributed by atoms with Crippen LogP contribution in [0.2, 0.25) is 0 Å². The van der Waals surface area contributed by atoms with Crippen molar-refractivity contribution in [2.75, 3.05) is 13.2 Å². The summed E-state index contributed by atoms with van der Waals surface area (Å²) in [7, 11) is 0. The lowest BCUT2D eigenvalue weighted by atomic mass is 9.91. The SMILES string of the molecule is CCOc1cccc(C(O)(CC)CN)c1. The summed E-state index contributed by atoms with van der Waals surface area (Å²) >= 11 is 0. The van der Waals surface area contributed by atoms with E-state index in [4.69, 9.17) is 10.5 Å². The fourth-order valence-corrected chi connectivity index (χ4v) is 1.51. The molecule has 1 atom stereocenters. The second-order valence-corrected chi connectivity index (χ2v) is 3.55. The van der Waals surface area contributed by atoms with Gasteiger partial charge in [0.15, 0.2) is 0 Å². The highest BCUT2D eigenvalue weighted by atomic mass is 16.5. The van der Waals surface area contributed by atoms with E-state index in [2.05, 4.69) is 0 Å². The van der Waals surface area contributed by atoms with E-state index in [1.165, 1.54) is 0 Å². The van der Waals surface area contributed by atoms with Gasteiger partial charge in [-0.05, 0) is 31.0 Å². The van der Waals surface area contributed by atoms with Gasteiger partial charge in [0, 0.05) is 6.54 Å². The van der Waals surface area contributed by atoms with Crippen LogP contribution >= 0.6 is 0 Å². The van der Waals surface area contributed by atoms with Gasteiger partial charge in [-0.1, -0.05) is 19.1 Å². The van der Waals surface area contributed by atoms with Crippen LogP contribution in [0, 0.1) is 0 Å². The molecule has 0 aliphatic heterocycles. The van der Waals surface area contributed by atoms with Crippen LogP contribution in [0.4, 0.5) is 0 Å². The van der Waals surface area contributed by atoms with Gasteiger partial charge in [-0.3, -0.25) is 0 Å². The Morgan fingerprint density at radius 3 is 2.67 bits per heavy atom. The first-order chi connectivity index (χ1) is 7.16. The van der Waals surface area contributed by atoms with E-state index in [1.54, 1.807) is 0 Å². The van der Waals surface area contributed by atoms with Crippen molar-refractivity contribution in [1.29, 1.82) is 0 Å². The number of aliphatic hydroxyl groups is 1. The maximum absolute atomic E-state index is 10.2. The third-order valence-electron chi connectivity index (χ3n) is 2.60. The predicted molar refractivity (Wildman–Crippen MR) is 60.9 cm³/mol. The van der Waals surface area contributed by atoms with Gasteiger partial charge < -0.3 is 15.6 Å². The van der Waals surface area contributed by atoms with Crippen LogP contribution in [0.25, 0.3) is 0 Å². The topological polar surface area (TPSA) is 55.5 Å². The monoisotopic (exact) mass is 209 g/mol. The number of ether oxygens (including phenoxy) is 1. The molecule has 0 aromatic heterocycles. The zero-order valence-corrected chi connectivity index (χ0v) is 9.36. The lowest BCUT2D eigenvalue weighted by Gasteiger charge is -2.25. The fourth-order valence-electron chi connectivity index (χ4n) is 1.51. The summed E-state index contributed by atoms with van der Waals surface area (Å²) in [6.45, 7) is 4.69. The normalized spacial score (nSPS) is 14.7. The lowest BCUT2D eigenvalue weighted by Crippen LogP contribution is -2.34. The Balaban J connectivity index is 2.98. The molecule has 3 N–H and O–H groups in total. The van der Waals surface area contributed by atoms with Crippen LogP contribution in [0.3, 0.4) is 0 Å².